The highest BCUT2D eigenvalue weighted by Crippen LogP contribution is 2.23. The number of piperidine rings is 2. The molecule has 2 aliphatic rings. The number of rotatable bonds is 3. The SMILES string of the molecule is C[C@H]1C[C@@H](C(=O)Nc2ccccc2C(=O)N2CCCCC2)CCN1. The molecule has 1 aromatic carbocycles. The first-order valence-corrected chi connectivity index (χ1v) is 9.07. The van der Waals surface area contributed by atoms with Gasteiger partial charge in [-0.05, 0) is 57.7 Å². The van der Waals surface area contributed by atoms with E-state index in [0.29, 0.717) is 17.3 Å². The molecule has 3 rings (SSSR count). The van der Waals surface area contributed by atoms with Crippen molar-refractivity contribution in [1.82, 2.24) is 10.2 Å². The Morgan fingerprint density at radius 3 is 2.67 bits per heavy atom. The molecule has 5 heteroatoms. The van der Waals surface area contributed by atoms with Crippen LogP contribution in [0.4, 0.5) is 5.69 Å². The van der Waals surface area contributed by atoms with Gasteiger partial charge >= 0.3 is 0 Å². The van der Waals surface area contributed by atoms with E-state index in [1.165, 1.54) is 6.42 Å². The van der Waals surface area contributed by atoms with Crippen molar-refractivity contribution >= 4 is 17.5 Å². The van der Waals surface area contributed by atoms with E-state index >= 15 is 0 Å². The van der Waals surface area contributed by atoms with E-state index in [2.05, 4.69) is 17.6 Å². The number of para-hydroxylation sites is 1. The van der Waals surface area contributed by atoms with Crippen molar-refractivity contribution in [2.24, 2.45) is 5.92 Å². The number of hydrogen-bond donors (Lipinski definition) is 2. The minimum atomic E-state index is 0.0133. The summed E-state index contributed by atoms with van der Waals surface area (Å²) in [6.45, 7) is 4.60. The second-order valence-corrected chi connectivity index (χ2v) is 6.96. The number of hydrogen-bond acceptors (Lipinski definition) is 3. The number of nitrogens with zero attached hydrogens (tertiary/aromatic N) is 1. The first-order valence-electron chi connectivity index (χ1n) is 9.07. The molecular weight excluding hydrogens is 302 g/mol. The van der Waals surface area contributed by atoms with Gasteiger partial charge in [-0.25, -0.2) is 0 Å². The zero-order valence-electron chi connectivity index (χ0n) is 14.4. The Balaban J connectivity index is 1.71. The Kier molecular flexibility index (Phi) is 5.51. The number of anilines is 1. The highest BCUT2D eigenvalue weighted by atomic mass is 16.2. The van der Waals surface area contributed by atoms with Crippen molar-refractivity contribution in [1.29, 1.82) is 0 Å². The molecule has 0 radical (unpaired) electrons. The molecule has 2 heterocycles. The van der Waals surface area contributed by atoms with Gasteiger partial charge in [0, 0.05) is 25.0 Å². The Labute approximate surface area is 143 Å². The molecule has 5 nitrogen and oxygen atoms in total. The Morgan fingerprint density at radius 2 is 1.92 bits per heavy atom. The zero-order valence-corrected chi connectivity index (χ0v) is 14.4. The quantitative estimate of drug-likeness (QED) is 0.896. The molecule has 2 aliphatic heterocycles. The second kappa shape index (κ2) is 7.79. The standard InChI is InChI=1S/C19H27N3O2/c1-14-13-15(9-10-20-14)18(23)21-17-8-4-3-7-16(17)19(24)22-11-5-2-6-12-22/h3-4,7-8,14-15,20H,2,5-6,9-13H2,1H3,(H,21,23)/t14-,15-/m0/s1. The lowest BCUT2D eigenvalue weighted by Gasteiger charge is -2.29. The predicted octanol–water partition coefficient (Wildman–Crippen LogP) is 2.64. The molecule has 0 aromatic heterocycles. The fourth-order valence-electron chi connectivity index (χ4n) is 3.65. The van der Waals surface area contributed by atoms with Crippen LogP contribution in [0.15, 0.2) is 24.3 Å². The van der Waals surface area contributed by atoms with E-state index in [9.17, 15) is 9.59 Å². The molecule has 2 amide bonds. The summed E-state index contributed by atoms with van der Waals surface area (Å²) >= 11 is 0. The highest BCUT2D eigenvalue weighted by molar-refractivity contribution is 6.04. The maximum absolute atomic E-state index is 12.8. The summed E-state index contributed by atoms with van der Waals surface area (Å²) < 4.78 is 0. The van der Waals surface area contributed by atoms with Crippen LogP contribution in [0.25, 0.3) is 0 Å². The lowest BCUT2D eigenvalue weighted by molar-refractivity contribution is -0.120. The summed E-state index contributed by atoms with van der Waals surface area (Å²) in [7, 11) is 0. The molecule has 0 aliphatic carbocycles. The topological polar surface area (TPSA) is 61.4 Å². The third kappa shape index (κ3) is 3.96. The van der Waals surface area contributed by atoms with Crippen LogP contribution >= 0.6 is 0 Å². The van der Waals surface area contributed by atoms with Gasteiger partial charge in [0.25, 0.3) is 5.91 Å². The van der Waals surface area contributed by atoms with Gasteiger partial charge in [0.2, 0.25) is 5.91 Å². The Morgan fingerprint density at radius 1 is 1.17 bits per heavy atom. The van der Waals surface area contributed by atoms with Gasteiger partial charge in [-0.2, -0.15) is 0 Å². The smallest absolute Gasteiger partial charge is 0.255 e. The minimum Gasteiger partial charge on any atom is -0.339 e. The van der Waals surface area contributed by atoms with E-state index in [0.717, 1.165) is 45.3 Å². The largest absolute Gasteiger partial charge is 0.339 e. The van der Waals surface area contributed by atoms with Gasteiger partial charge in [0.05, 0.1) is 11.3 Å². The number of likely N-dealkylation sites (tertiary alicyclic amines) is 1. The second-order valence-electron chi connectivity index (χ2n) is 6.96. The Bertz CT molecular complexity index is 596. The molecular formula is C19H27N3O2. The average molecular weight is 329 g/mol. The summed E-state index contributed by atoms with van der Waals surface area (Å²) in [5.74, 6) is 0.0749. The van der Waals surface area contributed by atoms with Crippen LogP contribution in [0.5, 0.6) is 0 Å². The van der Waals surface area contributed by atoms with Crippen LogP contribution in [0.2, 0.25) is 0 Å². The first-order chi connectivity index (χ1) is 11.6. The minimum absolute atomic E-state index is 0.0133. The van der Waals surface area contributed by atoms with E-state index in [1.54, 1.807) is 0 Å². The normalized spacial score (nSPS) is 24.5. The van der Waals surface area contributed by atoms with Gasteiger partial charge in [-0.3, -0.25) is 9.59 Å². The van der Waals surface area contributed by atoms with E-state index in [4.69, 9.17) is 0 Å². The van der Waals surface area contributed by atoms with Gasteiger partial charge in [-0.15, -0.1) is 0 Å². The highest BCUT2D eigenvalue weighted by Gasteiger charge is 2.26. The lowest BCUT2D eigenvalue weighted by atomic mass is 9.92. The Hall–Kier alpha value is -1.88. The van der Waals surface area contributed by atoms with Crippen molar-refractivity contribution in [3.63, 3.8) is 0 Å². The fraction of sp³-hybridized carbons (Fsp3) is 0.579. The number of benzene rings is 1. The monoisotopic (exact) mass is 329 g/mol. The lowest BCUT2D eigenvalue weighted by Crippen LogP contribution is -2.40. The third-order valence-corrected chi connectivity index (χ3v) is 5.05. The van der Waals surface area contributed by atoms with E-state index in [-0.39, 0.29) is 17.7 Å². The maximum atomic E-state index is 12.8. The van der Waals surface area contributed by atoms with Crippen LogP contribution in [-0.4, -0.2) is 42.4 Å². The maximum Gasteiger partial charge on any atom is 0.255 e. The summed E-state index contributed by atoms with van der Waals surface area (Å²) in [5.41, 5.74) is 1.25. The molecule has 24 heavy (non-hydrogen) atoms. The number of nitrogens with one attached hydrogen (secondary N) is 2. The average Bonchev–Trinajstić information content (AvgIpc) is 2.62. The van der Waals surface area contributed by atoms with E-state index in [1.807, 2.05) is 29.2 Å². The van der Waals surface area contributed by atoms with Crippen molar-refractivity contribution < 1.29 is 9.59 Å². The molecule has 130 valence electrons. The van der Waals surface area contributed by atoms with Gasteiger partial charge in [0.15, 0.2) is 0 Å². The number of amides is 2. The zero-order chi connectivity index (χ0) is 16.9. The van der Waals surface area contributed by atoms with Crippen molar-refractivity contribution in [2.45, 2.75) is 45.1 Å². The van der Waals surface area contributed by atoms with E-state index < -0.39 is 0 Å². The van der Waals surface area contributed by atoms with Gasteiger partial charge < -0.3 is 15.5 Å². The van der Waals surface area contributed by atoms with Gasteiger partial charge in [0.1, 0.15) is 0 Å². The summed E-state index contributed by atoms with van der Waals surface area (Å²) in [5, 5.41) is 6.37. The van der Waals surface area contributed by atoms with Crippen molar-refractivity contribution in [3.8, 4) is 0 Å². The molecule has 2 N–H and O–H groups in total. The summed E-state index contributed by atoms with van der Waals surface area (Å²) in [4.78, 5) is 27.3. The molecule has 2 atom stereocenters. The van der Waals surface area contributed by atoms with Gasteiger partial charge in [-0.1, -0.05) is 12.1 Å². The molecule has 0 spiro atoms. The summed E-state index contributed by atoms with van der Waals surface area (Å²) in [6, 6.07) is 7.74. The van der Waals surface area contributed by atoms with Crippen molar-refractivity contribution in [3.05, 3.63) is 29.8 Å². The first kappa shape index (κ1) is 17.0. The molecule has 2 fully saturated rings. The molecule has 1 aromatic rings. The molecule has 0 saturated carbocycles. The number of carbonyl (C=O) groups excluding carboxylic acids is 2. The van der Waals surface area contributed by atoms with Crippen LogP contribution < -0.4 is 10.6 Å². The number of carbonyl (C=O) groups is 2. The van der Waals surface area contributed by atoms with Crippen molar-refractivity contribution in [2.75, 3.05) is 25.0 Å². The molecule has 0 bridgehead atoms. The molecule has 2 saturated heterocycles. The van der Waals surface area contributed by atoms with Crippen LogP contribution in [0, 0.1) is 5.92 Å². The van der Waals surface area contributed by atoms with Crippen LogP contribution in [0.3, 0.4) is 0 Å². The van der Waals surface area contributed by atoms with Crippen LogP contribution in [0.1, 0.15) is 49.4 Å². The van der Waals surface area contributed by atoms with Crippen LogP contribution in [-0.2, 0) is 4.79 Å². The fourth-order valence-corrected chi connectivity index (χ4v) is 3.65. The molecule has 0 unspecified atom stereocenters. The summed E-state index contributed by atoms with van der Waals surface area (Å²) in [6.07, 6.45) is 5.00. The third-order valence-electron chi connectivity index (χ3n) is 5.05. The predicted molar refractivity (Wildman–Crippen MR) is 95.0 cm³/mol.